The summed E-state index contributed by atoms with van der Waals surface area (Å²) in [4.78, 5) is 31.5. The smallest absolute Gasteiger partial charge is 0.319 e. The van der Waals surface area contributed by atoms with E-state index in [2.05, 4.69) is 10.3 Å². The normalized spacial score (nSPS) is 14.4. The molecule has 0 spiro atoms. The Hall–Kier alpha value is -2.81. The van der Waals surface area contributed by atoms with Crippen molar-refractivity contribution in [2.45, 2.75) is 25.9 Å². The van der Waals surface area contributed by atoms with E-state index in [1.54, 1.807) is 35.0 Å². The van der Waals surface area contributed by atoms with Crippen LogP contribution in [0.4, 0.5) is 20.2 Å². The van der Waals surface area contributed by atoms with Crippen LogP contribution in [0.2, 0.25) is 0 Å². The largest absolute Gasteiger partial charge is 0.323 e. The number of imidazole rings is 1. The first-order valence-electron chi connectivity index (χ1n) is 8.63. The van der Waals surface area contributed by atoms with Crippen LogP contribution in [0.15, 0.2) is 36.7 Å². The van der Waals surface area contributed by atoms with Crippen molar-refractivity contribution in [1.82, 2.24) is 14.5 Å². The molecule has 2 heterocycles. The van der Waals surface area contributed by atoms with E-state index in [1.807, 2.05) is 6.07 Å². The van der Waals surface area contributed by atoms with E-state index >= 15 is 0 Å². The third-order valence-corrected chi connectivity index (χ3v) is 4.33. The molecule has 1 fully saturated rings. The van der Waals surface area contributed by atoms with Crippen molar-refractivity contribution in [3.8, 4) is 0 Å². The highest BCUT2D eigenvalue weighted by atomic mass is 19.3. The fourth-order valence-corrected chi connectivity index (χ4v) is 3.09. The predicted molar refractivity (Wildman–Crippen MR) is 96.5 cm³/mol. The third kappa shape index (κ3) is 4.48. The van der Waals surface area contributed by atoms with E-state index in [-0.39, 0.29) is 30.7 Å². The average Bonchev–Trinajstić information content (AvgIpc) is 3.24. The summed E-state index contributed by atoms with van der Waals surface area (Å²) in [6, 6.07) is 7.13. The van der Waals surface area contributed by atoms with Gasteiger partial charge in [-0.15, -0.1) is 0 Å². The number of hydrogen-bond acceptors (Lipinski definition) is 4. The fraction of sp³-hybridized carbons (Fsp3) is 0.389. The van der Waals surface area contributed by atoms with Gasteiger partial charge in [0.15, 0.2) is 0 Å². The van der Waals surface area contributed by atoms with Gasteiger partial charge in [-0.05, 0) is 25.6 Å². The lowest BCUT2D eigenvalue weighted by atomic mass is 10.2. The standard InChI is InChI=1S/C18H21F2N5O2/c1-23(11-15-21-8-10-25(15)18(19)20)12-16(26)22-13-5-2-3-6-14(13)24-9-4-7-17(24)27/h2-3,5-6,8,10,18H,4,7,9,11-12H2,1H3,(H,22,26). The van der Waals surface area contributed by atoms with Crippen molar-refractivity contribution >= 4 is 23.2 Å². The molecule has 1 aromatic heterocycles. The molecular weight excluding hydrogens is 356 g/mol. The second-order valence-corrected chi connectivity index (χ2v) is 6.41. The van der Waals surface area contributed by atoms with Gasteiger partial charge in [0, 0.05) is 25.4 Å². The molecule has 0 atom stereocenters. The lowest BCUT2D eigenvalue weighted by Crippen LogP contribution is -2.32. The molecule has 0 saturated carbocycles. The highest BCUT2D eigenvalue weighted by Crippen LogP contribution is 2.29. The maximum absolute atomic E-state index is 12.9. The quantitative estimate of drug-likeness (QED) is 0.805. The van der Waals surface area contributed by atoms with Crippen molar-refractivity contribution in [3.05, 3.63) is 42.5 Å². The Morgan fingerprint density at radius 2 is 2.15 bits per heavy atom. The van der Waals surface area contributed by atoms with Crippen LogP contribution >= 0.6 is 0 Å². The molecule has 144 valence electrons. The molecule has 3 rings (SSSR count). The minimum Gasteiger partial charge on any atom is -0.323 e. The summed E-state index contributed by atoms with van der Waals surface area (Å²) >= 11 is 0. The van der Waals surface area contributed by atoms with Gasteiger partial charge in [0.05, 0.1) is 24.5 Å². The summed E-state index contributed by atoms with van der Waals surface area (Å²) in [5.41, 5.74) is 1.23. The monoisotopic (exact) mass is 377 g/mol. The predicted octanol–water partition coefficient (Wildman–Crippen LogP) is 2.48. The number of hydrogen-bond donors (Lipinski definition) is 1. The van der Waals surface area contributed by atoms with Gasteiger partial charge in [-0.1, -0.05) is 12.1 Å². The van der Waals surface area contributed by atoms with E-state index in [4.69, 9.17) is 0 Å². The Balaban J connectivity index is 1.62. The summed E-state index contributed by atoms with van der Waals surface area (Å²) < 4.78 is 26.5. The number of nitrogens with one attached hydrogen (secondary N) is 1. The Bertz CT molecular complexity index is 824. The number of rotatable bonds is 7. The van der Waals surface area contributed by atoms with Gasteiger partial charge < -0.3 is 10.2 Å². The number of anilines is 2. The number of benzene rings is 1. The Morgan fingerprint density at radius 3 is 2.85 bits per heavy atom. The molecule has 2 amide bonds. The van der Waals surface area contributed by atoms with Gasteiger partial charge in [0.25, 0.3) is 0 Å². The van der Waals surface area contributed by atoms with E-state index in [0.29, 0.717) is 24.3 Å². The van der Waals surface area contributed by atoms with Crippen LogP contribution in [0.5, 0.6) is 0 Å². The number of carbonyl (C=O) groups is 2. The van der Waals surface area contributed by atoms with Crippen LogP contribution in [0.3, 0.4) is 0 Å². The molecule has 0 radical (unpaired) electrons. The first-order valence-corrected chi connectivity index (χ1v) is 8.63. The lowest BCUT2D eigenvalue weighted by Gasteiger charge is -2.21. The molecule has 2 aromatic rings. The molecule has 7 nitrogen and oxygen atoms in total. The Labute approximate surface area is 155 Å². The molecule has 1 aromatic carbocycles. The second kappa shape index (κ2) is 8.26. The number of amides is 2. The molecule has 0 bridgehead atoms. The summed E-state index contributed by atoms with van der Waals surface area (Å²) in [5.74, 6) is -0.0808. The van der Waals surface area contributed by atoms with E-state index in [9.17, 15) is 18.4 Å². The summed E-state index contributed by atoms with van der Waals surface area (Å²) in [5, 5.41) is 2.81. The Kier molecular flexibility index (Phi) is 5.80. The summed E-state index contributed by atoms with van der Waals surface area (Å²) in [6.45, 7) is -1.94. The average molecular weight is 377 g/mol. The number of nitrogens with zero attached hydrogens (tertiary/aromatic N) is 4. The number of aromatic nitrogens is 2. The first-order chi connectivity index (χ1) is 13.0. The fourth-order valence-electron chi connectivity index (χ4n) is 3.09. The summed E-state index contributed by atoms with van der Waals surface area (Å²) in [6.07, 6.45) is 3.80. The van der Waals surface area contributed by atoms with Crippen molar-refractivity contribution in [1.29, 1.82) is 0 Å². The maximum Gasteiger partial charge on any atom is 0.319 e. The molecule has 9 heteroatoms. The molecule has 1 aliphatic rings. The highest BCUT2D eigenvalue weighted by Gasteiger charge is 2.24. The minimum absolute atomic E-state index is 0.00161. The molecule has 1 aliphatic heterocycles. The van der Waals surface area contributed by atoms with Crippen LogP contribution in [0, 0.1) is 0 Å². The van der Waals surface area contributed by atoms with Gasteiger partial charge in [-0.3, -0.25) is 19.1 Å². The number of carbonyl (C=O) groups excluding carboxylic acids is 2. The molecule has 1 saturated heterocycles. The number of halogens is 2. The zero-order valence-electron chi connectivity index (χ0n) is 14.9. The van der Waals surface area contributed by atoms with Crippen LogP contribution in [0.1, 0.15) is 25.2 Å². The van der Waals surface area contributed by atoms with Crippen molar-refractivity contribution in [2.75, 3.05) is 30.4 Å². The van der Waals surface area contributed by atoms with Gasteiger partial charge in [-0.2, -0.15) is 8.78 Å². The number of para-hydroxylation sites is 2. The lowest BCUT2D eigenvalue weighted by molar-refractivity contribution is -0.118. The van der Waals surface area contributed by atoms with Crippen molar-refractivity contribution in [2.24, 2.45) is 0 Å². The SMILES string of the molecule is CN(CC(=O)Nc1ccccc1N1CCCC1=O)Cc1nccn1C(F)F. The van der Waals surface area contributed by atoms with Gasteiger partial charge in [-0.25, -0.2) is 4.98 Å². The first kappa shape index (κ1) is 19.0. The zero-order chi connectivity index (χ0) is 19.4. The van der Waals surface area contributed by atoms with Crippen LogP contribution in [-0.2, 0) is 16.1 Å². The highest BCUT2D eigenvalue weighted by molar-refractivity contribution is 6.02. The van der Waals surface area contributed by atoms with Crippen LogP contribution in [-0.4, -0.2) is 46.4 Å². The summed E-state index contributed by atoms with van der Waals surface area (Å²) in [7, 11) is 1.65. The van der Waals surface area contributed by atoms with E-state index < -0.39 is 6.55 Å². The van der Waals surface area contributed by atoms with Gasteiger partial charge in [0.2, 0.25) is 11.8 Å². The molecule has 0 aliphatic carbocycles. The maximum atomic E-state index is 12.9. The van der Waals surface area contributed by atoms with Crippen molar-refractivity contribution < 1.29 is 18.4 Å². The minimum atomic E-state index is -2.67. The van der Waals surface area contributed by atoms with E-state index in [1.165, 1.54) is 12.4 Å². The van der Waals surface area contributed by atoms with Gasteiger partial charge >= 0.3 is 6.55 Å². The zero-order valence-corrected chi connectivity index (χ0v) is 14.9. The third-order valence-electron chi connectivity index (χ3n) is 4.33. The molecular formula is C18H21F2N5O2. The number of likely N-dealkylation sites (N-methyl/N-ethyl adjacent to an activating group) is 1. The Morgan fingerprint density at radius 1 is 1.37 bits per heavy atom. The van der Waals surface area contributed by atoms with E-state index in [0.717, 1.165) is 11.0 Å². The van der Waals surface area contributed by atoms with Crippen molar-refractivity contribution in [3.63, 3.8) is 0 Å². The second-order valence-electron chi connectivity index (χ2n) is 6.41. The molecule has 1 N–H and O–H groups in total. The van der Waals surface area contributed by atoms with Crippen LogP contribution < -0.4 is 10.2 Å². The topological polar surface area (TPSA) is 70.5 Å². The van der Waals surface area contributed by atoms with Gasteiger partial charge in [0.1, 0.15) is 5.82 Å². The molecule has 0 unspecified atom stereocenters. The van der Waals surface area contributed by atoms with Crippen LogP contribution in [0.25, 0.3) is 0 Å². The number of alkyl halides is 2. The molecule has 27 heavy (non-hydrogen) atoms.